The van der Waals surface area contributed by atoms with E-state index in [1.165, 1.54) is 0 Å². The first kappa shape index (κ1) is 13.7. The highest BCUT2D eigenvalue weighted by atomic mass is 16.5. The summed E-state index contributed by atoms with van der Waals surface area (Å²) in [4.78, 5) is 13.7. The molecule has 5 nitrogen and oxygen atoms in total. The first-order valence-electron chi connectivity index (χ1n) is 6.72. The number of amides is 1. The highest BCUT2D eigenvalue weighted by Gasteiger charge is 2.14. The lowest BCUT2D eigenvalue weighted by atomic mass is 10.2. The molecule has 0 saturated carbocycles. The molecule has 0 aliphatic carbocycles. The number of carbonyl (C=O) groups is 1. The van der Waals surface area contributed by atoms with Crippen LogP contribution in [0.15, 0.2) is 18.2 Å². The van der Waals surface area contributed by atoms with Crippen molar-refractivity contribution in [3.8, 4) is 0 Å². The quantitative estimate of drug-likeness (QED) is 0.813. The fourth-order valence-corrected chi connectivity index (χ4v) is 2.18. The number of morpholine rings is 1. The van der Waals surface area contributed by atoms with Crippen molar-refractivity contribution in [1.29, 1.82) is 0 Å². The number of carbonyl (C=O) groups excluding carboxylic acids is 1. The third-order valence-electron chi connectivity index (χ3n) is 3.14. The molecule has 3 N–H and O–H groups in total. The number of nitrogens with two attached hydrogens (primary N) is 1. The number of nitrogens with zero attached hydrogens (tertiary/aromatic N) is 1. The minimum absolute atomic E-state index is 0.0287. The number of hydrogen-bond acceptors (Lipinski definition) is 4. The van der Waals surface area contributed by atoms with Gasteiger partial charge in [-0.05, 0) is 24.6 Å². The van der Waals surface area contributed by atoms with Crippen LogP contribution in [-0.4, -0.2) is 32.2 Å². The normalized spacial score (nSPS) is 15.3. The van der Waals surface area contributed by atoms with E-state index in [1.807, 2.05) is 25.1 Å². The maximum absolute atomic E-state index is 11.5. The smallest absolute Gasteiger partial charge is 0.224 e. The Bertz CT molecular complexity index is 442. The molecule has 0 unspecified atom stereocenters. The maximum Gasteiger partial charge on any atom is 0.224 e. The van der Waals surface area contributed by atoms with Gasteiger partial charge in [0.2, 0.25) is 5.91 Å². The Kier molecular flexibility index (Phi) is 4.63. The molecule has 1 aromatic rings. The second kappa shape index (κ2) is 6.43. The van der Waals surface area contributed by atoms with Crippen molar-refractivity contribution < 1.29 is 9.53 Å². The Morgan fingerprint density at radius 3 is 2.79 bits per heavy atom. The third kappa shape index (κ3) is 3.61. The van der Waals surface area contributed by atoms with E-state index in [1.54, 1.807) is 0 Å². The molecule has 0 aromatic heterocycles. The van der Waals surface area contributed by atoms with Gasteiger partial charge in [-0.2, -0.15) is 0 Å². The summed E-state index contributed by atoms with van der Waals surface area (Å²) in [6.07, 6.45) is 1.37. The molecule has 1 saturated heterocycles. The molecule has 1 heterocycles. The van der Waals surface area contributed by atoms with Crippen LogP contribution < -0.4 is 16.0 Å². The van der Waals surface area contributed by atoms with Gasteiger partial charge >= 0.3 is 0 Å². The van der Waals surface area contributed by atoms with E-state index in [0.29, 0.717) is 12.1 Å². The van der Waals surface area contributed by atoms with Crippen molar-refractivity contribution in [1.82, 2.24) is 0 Å². The average Bonchev–Trinajstić information content (AvgIpc) is 2.40. The number of rotatable bonds is 4. The zero-order chi connectivity index (χ0) is 13.7. The molecule has 0 atom stereocenters. The zero-order valence-corrected chi connectivity index (χ0v) is 11.3. The van der Waals surface area contributed by atoms with Crippen LogP contribution in [0.3, 0.4) is 0 Å². The van der Waals surface area contributed by atoms with Gasteiger partial charge in [-0.25, -0.2) is 0 Å². The molecule has 1 fully saturated rings. The van der Waals surface area contributed by atoms with Crippen LogP contribution in [-0.2, 0) is 9.53 Å². The predicted molar refractivity (Wildman–Crippen MR) is 77.4 cm³/mol. The van der Waals surface area contributed by atoms with E-state index in [4.69, 9.17) is 10.5 Å². The maximum atomic E-state index is 11.5. The summed E-state index contributed by atoms with van der Waals surface area (Å²) in [5.41, 5.74) is 8.53. The molecule has 19 heavy (non-hydrogen) atoms. The summed E-state index contributed by atoms with van der Waals surface area (Å²) in [5.74, 6) is 0.0287. The minimum atomic E-state index is 0.0287. The van der Waals surface area contributed by atoms with Crippen LogP contribution in [0, 0.1) is 0 Å². The van der Waals surface area contributed by atoms with Crippen molar-refractivity contribution in [2.24, 2.45) is 0 Å². The number of benzene rings is 1. The van der Waals surface area contributed by atoms with Crippen molar-refractivity contribution in [3.05, 3.63) is 18.2 Å². The molecule has 0 radical (unpaired) electrons. The van der Waals surface area contributed by atoms with Crippen LogP contribution in [0.4, 0.5) is 17.1 Å². The van der Waals surface area contributed by atoms with Gasteiger partial charge in [0.25, 0.3) is 0 Å². The monoisotopic (exact) mass is 263 g/mol. The van der Waals surface area contributed by atoms with E-state index in [-0.39, 0.29) is 5.91 Å². The number of anilines is 3. The zero-order valence-electron chi connectivity index (χ0n) is 11.3. The van der Waals surface area contributed by atoms with E-state index >= 15 is 0 Å². The van der Waals surface area contributed by atoms with Gasteiger partial charge in [-0.15, -0.1) is 0 Å². The second-order valence-electron chi connectivity index (χ2n) is 4.67. The Balaban J connectivity index is 2.06. The second-order valence-corrected chi connectivity index (χ2v) is 4.67. The minimum Gasteiger partial charge on any atom is -0.397 e. The summed E-state index contributed by atoms with van der Waals surface area (Å²) in [6, 6.07) is 5.68. The molecule has 1 aliphatic rings. The first-order chi connectivity index (χ1) is 9.20. The van der Waals surface area contributed by atoms with Gasteiger partial charge in [0.1, 0.15) is 0 Å². The van der Waals surface area contributed by atoms with Crippen molar-refractivity contribution in [2.45, 2.75) is 19.8 Å². The summed E-state index contributed by atoms with van der Waals surface area (Å²) in [6.45, 7) is 5.15. The van der Waals surface area contributed by atoms with Crippen LogP contribution in [0.2, 0.25) is 0 Å². The molecule has 0 bridgehead atoms. The fourth-order valence-electron chi connectivity index (χ4n) is 2.18. The topological polar surface area (TPSA) is 67.6 Å². The molecule has 1 aliphatic heterocycles. The van der Waals surface area contributed by atoms with Crippen molar-refractivity contribution in [2.75, 3.05) is 42.3 Å². The van der Waals surface area contributed by atoms with Crippen molar-refractivity contribution in [3.63, 3.8) is 0 Å². The Morgan fingerprint density at radius 2 is 2.16 bits per heavy atom. The molecular weight excluding hydrogens is 242 g/mol. The number of ether oxygens (including phenoxy) is 1. The van der Waals surface area contributed by atoms with E-state index in [0.717, 1.165) is 44.1 Å². The van der Waals surface area contributed by atoms with Crippen LogP contribution >= 0.6 is 0 Å². The third-order valence-corrected chi connectivity index (χ3v) is 3.14. The molecule has 2 rings (SSSR count). The molecule has 1 amide bonds. The van der Waals surface area contributed by atoms with Gasteiger partial charge in [-0.3, -0.25) is 4.79 Å². The Morgan fingerprint density at radius 1 is 1.42 bits per heavy atom. The molecular formula is C14H21N3O2. The standard InChI is InChI=1S/C14H21N3O2/c1-2-3-14(18)16-11-4-5-13(12(15)10-11)17-6-8-19-9-7-17/h4-5,10H,2-3,6-9,15H2,1H3,(H,16,18). The van der Waals surface area contributed by atoms with Crippen LogP contribution in [0.25, 0.3) is 0 Å². The number of nitrogens with one attached hydrogen (secondary N) is 1. The van der Waals surface area contributed by atoms with E-state index in [2.05, 4.69) is 10.2 Å². The van der Waals surface area contributed by atoms with Gasteiger partial charge in [0, 0.05) is 25.2 Å². The molecule has 1 aromatic carbocycles. The van der Waals surface area contributed by atoms with Gasteiger partial charge in [-0.1, -0.05) is 6.92 Å². The Hall–Kier alpha value is -1.75. The van der Waals surface area contributed by atoms with Gasteiger partial charge in [0.05, 0.1) is 24.6 Å². The summed E-state index contributed by atoms with van der Waals surface area (Å²) >= 11 is 0. The number of nitrogen functional groups attached to an aromatic ring is 1. The Labute approximate surface area is 113 Å². The summed E-state index contributed by atoms with van der Waals surface area (Å²) < 4.78 is 5.32. The molecule has 104 valence electrons. The summed E-state index contributed by atoms with van der Waals surface area (Å²) in [5, 5.41) is 2.85. The highest BCUT2D eigenvalue weighted by molar-refractivity contribution is 5.92. The lowest BCUT2D eigenvalue weighted by molar-refractivity contribution is -0.116. The van der Waals surface area contributed by atoms with E-state index < -0.39 is 0 Å². The largest absolute Gasteiger partial charge is 0.397 e. The van der Waals surface area contributed by atoms with Gasteiger partial charge in [0.15, 0.2) is 0 Å². The highest BCUT2D eigenvalue weighted by Crippen LogP contribution is 2.27. The molecule has 0 spiro atoms. The predicted octanol–water partition coefficient (Wildman–Crippen LogP) is 1.84. The molecule has 5 heteroatoms. The number of hydrogen-bond donors (Lipinski definition) is 2. The van der Waals surface area contributed by atoms with Crippen molar-refractivity contribution >= 4 is 23.0 Å². The lowest BCUT2D eigenvalue weighted by Crippen LogP contribution is -2.36. The lowest BCUT2D eigenvalue weighted by Gasteiger charge is -2.30. The van der Waals surface area contributed by atoms with Gasteiger partial charge < -0.3 is 20.7 Å². The van der Waals surface area contributed by atoms with Crippen LogP contribution in [0.5, 0.6) is 0 Å². The average molecular weight is 263 g/mol. The first-order valence-corrected chi connectivity index (χ1v) is 6.72. The SMILES string of the molecule is CCCC(=O)Nc1ccc(N2CCOCC2)c(N)c1. The van der Waals surface area contributed by atoms with Crippen LogP contribution in [0.1, 0.15) is 19.8 Å². The van der Waals surface area contributed by atoms with E-state index in [9.17, 15) is 4.79 Å². The summed E-state index contributed by atoms with van der Waals surface area (Å²) in [7, 11) is 0. The fraction of sp³-hybridized carbons (Fsp3) is 0.500.